The third kappa shape index (κ3) is 3.98. The fourth-order valence-electron chi connectivity index (χ4n) is 4.20. The minimum atomic E-state index is -0.286. The van der Waals surface area contributed by atoms with Gasteiger partial charge in [0.1, 0.15) is 18.0 Å². The monoisotopic (exact) mass is 334 g/mol. The minimum Gasteiger partial charge on any atom is -0.393 e. The van der Waals surface area contributed by atoms with Crippen LogP contribution in [0.3, 0.4) is 0 Å². The van der Waals surface area contributed by atoms with Crippen LogP contribution in [0.25, 0.3) is 0 Å². The van der Waals surface area contributed by atoms with Crippen LogP contribution in [0.2, 0.25) is 0 Å². The third-order valence-corrected chi connectivity index (χ3v) is 5.21. The molecule has 0 aromatic carbocycles. The van der Waals surface area contributed by atoms with E-state index >= 15 is 0 Å². The van der Waals surface area contributed by atoms with E-state index in [1.54, 1.807) is 6.33 Å². The van der Waals surface area contributed by atoms with E-state index in [0.717, 1.165) is 63.3 Å². The second kappa shape index (κ2) is 7.66. The van der Waals surface area contributed by atoms with Crippen molar-refractivity contribution in [1.82, 2.24) is 9.97 Å². The van der Waals surface area contributed by atoms with Crippen molar-refractivity contribution >= 4 is 11.6 Å². The molecule has 2 aliphatic rings. The number of aromatic nitrogens is 2. The van der Waals surface area contributed by atoms with E-state index in [2.05, 4.69) is 25.8 Å². The first-order valence-electron chi connectivity index (χ1n) is 9.26. The number of aliphatic hydroxyl groups is 2. The molecule has 1 aromatic rings. The Bertz CT molecular complexity index is 494. The Morgan fingerprint density at radius 3 is 1.83 bits per heavy atom. The Hall–Kier alpha value is -1.40. The van der Waals surface area contributed by atoms with Crippen LogP contribution in [-0.4, -0.2) is 57.6 Å². The molecule has 2 fully saturated rings. The normalized spacial score (nSPS) is 26.8. The molecule has 3 rings (SSSR count). The molecule has 3 heterocycles. The highest BCUT2D eigenvalue weighted by Crippen LogP contribution is 2.31. The predicted octanol–water partition coefficient (Wildman–Crippen LogP) is 1.96. The van der Waals surface area contributed by atoms with Gasteiger partial charge in [0.15, 0.2) is 0 Å². The highest BCUT2D eigenvalue weighted by molar-refractivity contribution is 5.52. The highest BCUT2D eigenvalue weighted by Gasteiger charge is 2.30. The van der Waals surface area contributed by atoms with Gasteiger partial charge in [-0.15, -0.1) is 0 Å². The van der Waals surface area contributed by atoms with E-state index in [1.807, 2.05) is 13.8 Å². The summed E-state index contributed by atoms with van der Waals surface area (Å²) in [6.45, 7) is 5.69. The standard InChI is InChI=1S/C18H30N4O2/c1-13(23)9-15-5-3-7-21(15)17-11-18(20-12-19-17)22-8-4-6-16(22)10-14(2)24/h11-16,23-24H,3-10H2,1-2H3/t13-,14-,15-,16+/m0/s1. The van der Waals surface area contributed by atoms with Crippen LogP contribution in [0.15, 0.2) is 12.4 Å². The third-order valence-electron chi connectivity index (χ3n) is 5.21. The average Bonchev–Trinajstić information content (AvgIpc) is 3.15. The van der Waals surface area contributed by atoms with Gasteiger partial charge >= 0.3 is 0 Å². The number of hydrogen-bond donors (Lipinski definition) is 2. The van der Waals surface area contributed by atoms with Gasteiger partial charge in [0.25, 0.3) is 0 Å². The zero-order valence-corrected chi connectivity index (χ0v) is 14.8. The molecule has 24 heavy (non-hydrogen) atoms. The van der Waals surface area contributed by atoms with E-state index < -0.39 is 0 Å². The molecule has 2 aliphatic heterocycles. The maximum absolute atomic E-state index is 9.73. The first-order valence-corrected chi connectivity index (χ1v) is 9.26. The van der Waals surface area contributed by atoms with Crippen LogP contribution in [0, 0.1) is 0 Å². The average molecular weight is 334 g/mol. The van der Waals surface area contributed by atoms with Gasteiger partial charge in [-0.1, -0.05) is 0 Å². The lowest BCUT2D eigenvalue weighted by Gasteiger charge is -2.29. The molecular formula is C18H30N4O2. The van der Waals surface area contributed by atoms with Crippen molar-refractivity contribution in [2.24, 2.45) is 0 Å². The Morgan fingerprint density at radius 2 is 1.42 bits per heavy atom. The lowest BCUT2D eigenvalue weighted by Crippen LogP contribution is -2.34. The summed E-state index contributed by atoms with van der Waals surface area (Å²) in [5.41, 5.74) is 0. The van der Waals surface area contributed by atoms with Crippen molar-refractivity contribution < 1.29 is 10.2 Å². The molecule has 0 amide bonds. The summed E-state index contributed by atoms with van der Waals surface area (Å²) >= 11 is 0. The fraction of sp³-hybridized carbons (Fsp3) is 0.778. The van der Waals surface area contributed by atoms with Crippen molar-refractivity contribution in [2.45, 2.75) is 76.7 Å². The summed E-state index contributed by atoms with van der Waals surface area (Å²) in [5, 5.41) is 19.5. The van der Waals surface area contributed by atoms with Crippen molar-refractivity contribution in [3.8, 4) is 0 Å². The summed E-state index contributed by atoms with van der Waals surface area (Å²) in [6, 6.07) is 2.81. The van der Waals surface area contributed by atoms with Gasteiger partial charge in [0.05, 0.1) is 12.2 Å². The molecule has 1 aromatic heterocycles. The van der Waals surface area contributed by atoms with Gasteiger partial charge in [-0.25, -0.2) is 9.97 Å². The van der Waals surface area contributed by atoms with Gasteiger partial charge in [-0.05, 0) is 52.4 Å². The van der Waals surface area contributed by atoms with Gasteiger partial charge in [0.2, 0.25) is 0 Å². The van der Waals surface area contributed by atoms with E-state index in [-0.39, 0.29) is 12.2 Å². The topological polar surface area (TPSA) is 72.7 Å². The number of hydrogen-bond acceptors (Lipinski definition) is 6. The zero-order valence-electron chi connectivity index (χ0n) is 14.8. The Labute approximate surface area is 144 Å². The molecule has 6 heteroatoms. The van der Waals surface area contributed by atoms with Crippen molar-refractivity contribution in [3.05, 3.63) is 12.4 Å². The maximum Gasteiger partial charge on any atom is 0.134 e. The molecule has 0 aliphatic carbocycles. The molecule has 0 spiro atoms. The Kier molecular flexibility index (Phi) is 5.56. The van der Waals surface area contributed by atoms with Crippen LogP contribution in [0.1, 0.15) is 52.4 Å². The van der Waals surface area contributed by atoms with E-state index in [0.29, 0.717) is 12.1 Å². The molecule has 2 saturated heterocycles. The van der Waals surface area contributed by atoms with E-state index in [9.17, 15) is 10.2 Å². The second-order valence-electron chi connectivity index (χ2n) is 7.38. The Morgan fingerprint density at radius 1 is 0.958 bits per heavy atom. The molecular weight excluding hydrogens is 304 g/mol. The lowest BCUT2D eigenvalue weighted by atomic mass is 10.1. The first kappa shape index (κ1) is 17.4. The molecule has 0 unspecified atom stereocenters. The van der Waals surface area contributed by atoms with Crippen molar-refractivity contribution in [2.75, 3.05) is 22.9 Å². The molecule has 0 saturated carbocycles. The molecule has 0 radical (unpaired) electrons. The van der Waals surface area contributed by atoms with Gasteiger partial charge in [-0.2, -0.15) is 0 Å². The van der Waals surface area contributed by atoms with Crippen molar-refractivity contribution in [1.29, 1.82) is 0 Å². The SMILES string of the molecule is C[C@H](O)C[C@H]1CCCN1c1cc(N2CCC[C@H]2C[C@H](C)O)ncn1. The smallest absolute Gasteiger partial charge is 0.134 e. The summed E-state index contributed by atoms with van der Waals surface area (Å²) in [6.07, 6.45) is 7.16. The lowest BCUT2D eigenvalue weighted by molar-refractivity contribution is 0.174. The van der Waals surface area contributed by atoms with Crippen LogP contribution in [0.5, 0.6) is 0 Å². The molecule has 2 N–H and O–H groups in total. The van der Waals surface area contributed by atoms with Gasteiger partial charge in [0, 0.05) is 31.2 Å². The largest absolute Gasteiger partial charge is 0.393 e. The fourth-order valence-corrected chi connectivity index (χ4v) is 4.20. The van der Waals surface area contributed by atoms with Crippen LogP contribution >= 0.6 is 0 Å². The molecule has 4 atom stereocenters. The summed E-state index contributed by atoms with van der Waals surface area (Å²) in [7, 11) is 0. The van der Waals surface area contributed by atoms with Gasteiger partial charge in [-0.3, -0.25) is 0 Å². The summed E-state index contributed by atoms with van der Waals surface area (Å²) in [5.74, 6) is 1.93. The molecule has 0 bridgehead atoms. The van der Waals surface area contributed by atoms with E-state index in [1.165, 1.54) is 0 Å². The van der Waals surface area contributed by atoms with Crippen LogP contribution < -0.4 is 9.80 Å². The number of aliphatic hydroxyl groups excluding tert-OH is 2. The first-order chi connectivity index (χ1) is 11.5. The quantitative estimate of drug-likeness (QED) is 0.828. The maximum atomic E-state index is 9.73. The highest BCUT2D eigenvalue weighted by atomic mass is 16.3. The summed E-state index contributed by atoms with van der Waals surface area (Å²) < 4.78 is 0. The van der Waals surface area contributed by atoms with Crippen LogP contribution in [-0.2, 0) is 0 Å². The van der Waals surface area contributed by atoms with E-state index in [4.69, 9.17) is 0 Å². The van der Waals surface area contributed by atoms with Crippen molar-refractivity contribution in [3.63, 3.8) is 0 Å². The Balaban J connectivity index is 1.76. The number of nitrogens with zero attached hydrogens (tertiary/aromatic N) is 4. The number of rotatable bonds is 6. The zero-order chi connectivity index (χ0) is 17.1. The van der Waals surface area contributed by atoms with Gasteiger partial charge < -0.3 is 20.0 Å². The number of anilines is 2. The minimum absolute atomic E-state index is 0.286. The predicted molar refractivity (Wildman–Crippen MR) is 95.4 cm³/mol. The second-order valence-corrected chi connectivity index (χ2v) is 7.38. The van der Waals surface area contributed by atoms with Crippen LogP contribution in [0.4, 0.5) is 11.6 Å². The molecule has 134 valence electrons. The summed E-state index contributed by atoms with van der Waals surface area (Å²) in [4.78, 5) is 13.6. The molecule has 6 nitrogen and oxygen atoms in total.